The van der Waals surface area contributed by atoms with Gasteiger partial charge in [-0.15, -0.1) is 11.3 Å². The van der Waals surface area contributed by atoms with Gasteiger partial charge in [0.25, 0.3) is 11.8 Å². The molecule has 3 amide bonds. The van der Waals surface area contributed by atoms with Crippen LogP contribution in [0.1, 0.15) is 145 Å². The van der Waals surface area contributed by atoms with E-state index >= 15 is 0 Å². The monoisotopic (exact) mass is 1020 g/mol. The number of hydrogen-bond acceptors (Lipinski definition) is 11. The van der Waals surface area contributed by atoms with Gasteiger partial charge in [-0.2, -0.15) is 10.2 Å². The third-order valence-corrected chi connectivity index (χ3v) is 17.5. The van der Waals surface area contributed by atoms with E-state index in [0.717, 1.165) is 101 Å². The Morgan fingerprint density at radius 2 is 1.75 bits per heavy atom. The van der Waals surface area contributed by atoms with E-state index < -0.39 is 35.2 Å². The predicted octanol–water partition coefficient (Wildman–Crippen LogP) is 8.41. The van der Waals surface area contributed by atoms with E-state index in [1.54, 1.807) is 44.6 Å². The van der Waals surface area contributed by atoms with Gasteiger partial charge in [0.05, 0.1) is 36.6 Å². The van der Waals surface area contributed by atoms with Crippen molar-refractivity contribution in [3.05, 3.63) is 111 Å². The maximum atomic E-state index is 14.5. The maximum absolute atomic E-state index is 14.5. The van der Waals surface area contributed by atoms with Crippen molar-refractivity contribution in [2.24, 2.45) is 23.2 Å². The number of thiazole rings is 1. The summed E-state index contributed by atoms with van der Waals surface area (Å²) in [5.74, 6) is -3.29. The van der Waals surface area contributed by atoms with Crippen molar-refractivity contribution < 1.29 is 32.7 Å². The van der Waals surface area contributed by atoms with E-state index in [-0.39, 0.29) is 54.1 Å². The molecule has 4 N–H and O–H groups in total. The predicted molar refractivity (Wildman–Crippen MR) is 274 cm³/mol. The Morgan fingerprint density at radius 1 is 0.959 bits per heavy atom. The summed E-state index contributed by atoms with van der Waals surface area (Å²) >= 11 is 1.41. The van der Waals surface area contributed by atoms with Gasteiger partial charge in [0.15, 0.2) is 5.69 Å². The molecule has 2 saturated carbocycles. The first-order valence-electron chi connectivity index (χ1n) is 26.4. The van der Waals surface area contributed by atoms with E-state index in [0.29, 0.717) is 53.0 Å². The van der Waals surface area contributed by atoms with Crippen molar-refractivity contribution in [1.29, 1.82) is 0 Å². The molecule has 4 fully saturated rings. The normalized spacial score (nSPS) is 22.9. The minimum absolute atomic E-state index is 0.0279. The van der Waals surface area contributed by atoms with E-state index in [1.165, 1.54) is 11.3 Å². The maximum Gasteiger partial charge on any atom is 0.276 e. The molecule has 5 aromatic rings. The summed E-state index contributed by atoms with van der Waals surface area (Å²) in [4.78, 5) is 63.6. The average Bonchev–Trinajstić information content (AvgIpc) is 4.18. The smallest absolute Gasteiger partial charge is 0.276 e. The standard InChI is InChI=1S/C55H68F2N10O5S/c1-34(58-3)50(69)62-46(35-16-8-6-9-17-35)53(71)66-24-15-22-44(66)52-61-43(33-73-52)49(68)37-20-14-21-40(26-37)72-25-13-5-4-12-23-65-30-38(31-65)48(36-18-10-7-11-19-36)67-32-39(29-59-67)60-51(70)47-41-27-45-54(2,55(45,56)57)28-42(41)63-64-47/h7,10-11,14,18-21,26,29,32-35,38,44-46,48,58H,4-6,8-9,12-13,15-17,22-25,27-28,30-31H2,1-3H3,(H,60,70)(H,62,69)(H,63,64)/t34?,44-,45-,46?,48?,54+/m0/s1. The Hall–Kier alpha value is -5.85. The summed E-state index contributed by atoms with van der Waals surface area (Å²) < 4.78 is 37.1. The van der Waals surface area contributed by atoms with Crippen LogP contribution < -0.4 is 20.7 Å². The highest BCUT2D eigenvalue weighted by Gasteiger charge is 2.78. The summed E-state index contributed by atoms with van der Waals surface area (Å²) in [7, 11) is 1.74. The zero-order chi connectivity index (χ0) is 50.9. The highest BCUT2D eigenvalue weighted by Crippen LogP contribution is 2.70. The number of rotatable bonds is 21. The molecule has 388 valence electrons. The summed E-state index contributed by atoms with van der Waals surface area (Å²) in [5, 5.41) is 23.3. The molecule has 6 atom stereocenters. The summed E-state index contributed by atoms with van der Waals surface area (Å²) in [6.07, 6.45) is 14.5. The molecule has 10 rings (SSSR count). The zero-order valence-corrected chi connectivity index (χ0v) is 42.9. The van der Waals surface area contributed by atoms with E-state index in [4.69, 9.17) is 14.8 Å². The number of carbonyl (C=O) groups is 4. The van der Waals surface area contributed by atoms with Gasteiger partial charge in [0.2, 0.25) is 17.6 Å². The fraction of sp³-hybridized carbons (Fsp3) is 0.545. The van der Waals surface area contributed by atoms with E-state index in [2.05, 4.69) is 43.2 Å². The largest absolute Gasteiger partial charge is 0.494 e. The number of ketones is 1. The van der Waals surface area contributed by atoms with Crippen molar-refractivity contribution in [1.82, 2.24) is 45.4 Å². The fourth-order valence-electron chi connectivity index (χ4n) is 11.9. The number of aromatic amines is 1. The van der Waals surface area contributed by atoms with Crippen LogP contribution in [0.5, 0.6) is 5.75 Å². The van der Waals surface area contributed by atoms with Gasteiger partial charge >= 0.3 is 0 Å². The third kappa shape index (κ3) is 10.5. The van der Waals surface area contributed by atoms with E-state index in [9.17, 15) is 28.0 Å². The number of nitrogens with one attached hydrogen (secondary N) is 4. The lowest BCUT2D eigenvalue weighted by Gasteiger charge is -2.43. The minimum Gasteiger partial charge on any atom is -0.494 e. The van der Waals surface area contributed by atoms with Crippen LogP contribution in [0, 0.1) is 23.2 Å². The van der Waals surface area contributed by atoms with Crippen molar-refractivity contribution in [2.45, 2.75) is 127 Å². The van der Waals surface area contributed by atoms with Gasteiger partial charge in [-0.25, -0.2) is 13.8 Å². The second-order valence-electron chi connectivity index (χ2n) is 21.3. The van der Waals surface area contributed by atoms with Crippen LogP contribution in [0.15, 0.2) is 72.4 Å². The lowest BCUT2D eigenvalue weighted by molar-refractivity contribution is -0.139. The molecular formula is C55H68F2N10O5S. The molecule has 0 radical (unpaired) electrons. The van der Waals surface area contributed by atoms with Crippen molar-refractivity contribution in [2.75, 3.05) is 45.2 Å². The molecule has 2 aliphatic heterocycles. The number of hydrogen-bond donors (Lipinski definition) is 4. The molecule has 18 heteroatoms. The Bertz CT molecular complexity index is 2770. The van der Waals surface area contributed by atoms with Gasteiger partial charge in [-0.1, -0.05) is 81.5 Å². The van der Waals surface area contributed by atoms with Crippen LogP contribution in [0.2, 0.25) is 0 Å². The number of likely N-dealkylation sites (tertiary alicyclic amines) is 2. The summed E-state index contributed by atoms with van der Waals surface area (Å²) in [6.45, 7) is 7.37. The highest BCUT2D eigenvalue weighted by molar-refractivity contribution is 7.10. The Balaban J connectivity index is 0.662. The SMILES string of the molecule is CNC(C)C(=O)NC(C(=O)N1CCC[C@H]1c1nc(C(=O)c2cccc(OCCCCCCN3CC(C(c4ccccc4)n4cc(NC(=O)c5n[nH]c6c5C[C@@H]5C(F)(F)[C@]5(C)C6)cn4)C3)c2)cs1)C1CCCCC1. The van der Waals surface area contributed by atoms with Crippen LogP contribution in [0.3, 0.4) is 0 Å². The second kappa shape index (κ2) is 21.5. The van der Waals surface area contributed by atoms with Gasteiger partial charge < -0.3 is 30.5 Å². The molecule has 0 bridgehead atoms. The van der Waals surface area contributed by atoms with Crippen molar-refractivity contribution in [3.63, 3.8) is 0 Å². The van der Waals surface area contributed by atoms with E-state index in [1.807, 2.05) is 46.1 Å². The molecule has 3 aromatic heterocycles. The molecule has 2 aromatic carbocycles. The molecule has 73 heavy (non-hydrogen) atoms. The Kier molecular flexibility index (Phi) is 15.0. The fourth-order valence-corrected chi connectivity index (χ4v) is 12.9. The molecular weight excluding hydrogens is 951 g/mol. The number of halogens is 2. The number of carbonyl (C=O) groups excluding carboxylic acids is 4. The number of ether oxygens (including phenoxy) is 1. The lowest BCUT2D eigenvalue weighted by Crippen LogP contribution is -2.55. The Labute approximate surface area is 429 Å². The van der Waals surface area contributed by atoms with Gasteiger partial charge in [-0.3, -0.25) is 29.0 Å². The van der Waals surface area contributed by atoms with Crippen LogP contribution in [-0.2, 0) is 22.4 Å². The number of anilines is 1. The Morgan fingerprint density at radius 3 is 2.55 bits per heavy atom. The topological polar surface area (TPSA) is 179 Å². The second-order valence-corrected chi connectivity index (χ2v) is 22.2. The summed E-state index contributed by atoms with van der Waals surface area (Å²) in [6, 6.07) is 16.3. The van der Waals surface area contributed by atoms with Crippen molar-refractivity contribution >= 4 is 40.5 Å². The quantitative estimate of drug-likeness (QED) is 0.0412. The molecule has 15 nitrogen and oxygen atoms in total. The van der Waals surface area contributed by atoms with Gasteiger partial charge in [0, 0.05) is 71.7 Å². The minimum atomic E-state index is -2.74. The number of H-pyrrole nitrogens is 1. The number of benzene rings is 2. The lowest BCUT2D eigenvalue weighted by atomic mass is 9.83. The number of nitrogens with zero attached hydrogens (tertiary/aromatic N) is 6. The van der Waals surface area contributed by atoms with Gasteiger partial charge in [0.1, 0.15) is 22.5 Å². The molecule has 3 aliphatic carbocycles. The first-order chi connectivity index (χ1) is 35.3. The number of aromatic nitrogens is 5. The van der Waals surface area contributed by atoms with Crippen LogP contribution in [0.25, 0.3) is 0 Å². The van der Waals surface area contributed by atoms with Crippen molar-refractivity contribution in [3.8, 4) is 5.75 Å². The molecule has 5 aliphatic rings. The van der Waals surface area contributed by atoms with Gasteiger partial charge in [-0.05, 0) is 89.1 Å². The molecule has 0 spiro atoms. The first-order valence-corrected chi connectivity index (χ1v) is 27.3. The number of likely N-dealkylation sites (N-methyl/N-ethyl adjacent to an activating group) is 1. The number of fused-ring (bicyclic) bond motifs is 2. The summed E-state index contributed by atoms with van der Waals surface area (Å²) in [5.41, 5.74) is 2.82. The average molecular weight is 1020 g/mol. The molecule has 2 saturated heterocycles. The highest BCUT2D eigenvalue weighted by atomic mass is 32.1. The third-order valence-electron chi connectivity index (χ3n) is 16.5. The zero-order valence-electron chi connectivity index (χ0n) is 42.1. The molecule has 5 heterocycles. The van der Waals surface area contributed by atoms with Crippen LogP contribution >= 0.6 is 11.3 Å². The van der Waals surface area contributed by atoms with Crippen LogP contribution in [0.4, 0.5) is 14.5 Å². The number of alkyl halides is 2. The number of unbranched alkanes of at least 4 members (excludes halogenated alkanes) is 3. The first kappa shape index (κ1) is 50.7. The van der Waals surface area contributed by atoms with Crippen LogP contribution in [-0.4, -0.2) is 116 Å². The number of amides is 3. The molecule has 3 unspecified atom stereocenters.